The van der Waals surface area contributed by atoms with Gasteiger partial charge in [0, 0.05) is 6.54 Å². The molecule has 1 aliphatic heterocycles. The monoisotopic (exact) mass is 357 g/mol. The van der Waals surface area contributed by atoms with Crippen molar-refractivity contribution in [3.8, 4) is 5.75 Å². The van der Waals surface area contributed by atoms with Gasteiger partial charge in [0.25, 0.3) is 0 Å². The number of piperidine rings is 1. The zero-order valence-corrected chi connectivity index (χ0v) is 15.1. The van der Waals surface area contributed by atoms with Gasteiger partial charge in [0.15, 0.2) is 11.6 Å². The van der Waals surface area contributed by atoms with Gasteiger partial charge in [0.2, 0.25) is 0 Å². The van der Waals surface area contributed by atoms with Crippen molar-refractivity contribution in [2.24, 2.45) is 5.92 Å². The minimum Gasteiger partial charge on any atom is -0.494 e. The first-order valence-electron chi connectivity index (χ1n) is 8.87. The molecule has 5 heteroatoms. The molecule has 1 N–H and O–H groups in total. The molecule has 1 fully saturated rings. The highest BCUT2D eigenvalue weighted by Crippen LogP contribution is 2.35. The van der Waals surface area contributed by atoms with Crippen molar-refractivity contribution in [1.82, 2.24) is 4.90 Å². The van der Waals surface area contributed by atoms with Crippen LogP contribution >= 0.6 is 0 Å². The Morgan fingerprint density at radius 3 is 2.73 bits per heavy atom. The molecular weight excluding hydrogens is 333 g/mol. The van der Waals surface area contributed by atoms with Crippen LogP contribution in [0.15, 0.2) is 42.5 Å². The minimum absolute atomic E-state index is 0.182. The van der Waals surface area contributed by atoms with Crippen molar-refractivity contribution in [2.75, 3.05) is 20.2 Å². The predicted molar refractivity (Wildman–Crippen MR) is 97.9 cm³/mol. The quantitative estimate of drug-likeness (QED) is 0.878. The Kier molecular flexibility index (Phi) is 5.57. The number of likely N-dealkylation sites (tertiary alicyclic amines) is 1. The first-order chi connectivity index (χ1) is 12.5. The highest BCUT2D eigenvalue weighted by atomic mass is 19.1. The molecule has 0 aromatic heterocycles. The molecule has 2 unspecified atom stereocenters. The Morgan fingerprint density at radius 1 is 1.31 bits per heavy atom. The molecule has 0 bridgehead atoms. The standard InChI is InChI=1S/C21H24FNO3/c1-14-6-3-4-8-17(14)20(15-9-10-19(26-2)18(22)12-15)23-11-5-7-16(13-23)21(24)25/h3-4,6,8-10,12,16,20H,5,7,11,13H2,1-2H3,(H,24,25). The van der Waals surface area contributed by atoms with Crippen molar-refractivity contribution in [3.05, 3.63) is 65.0 Å². The third-order valence-electron chi connectivity index (χ3n) is 5.14. The van der Waals surface area contributed by atoms with Gasteiger partial charge in [-0.1, -0.05) is 30.3 Å². The molecule has 0 amide bonds. The number of methoxy groups -OCH3 is 1. The van der Waals surface area contributed by atoms with E-state index in [-0.39, 0.29) is 11.8 Å². The van der Waals surface area contributed by atoms with Gasteiger partial charge in [-0.15, -0.1) is 0 Å². The largest absolute Gasteiger partial charge is 0.494 e. The molecule has 2 aromatic carbocycles. The number of hydrogen-bond donors (Lipinski definition) is 1. The van der Waals surface area contributed by atoms with E-state index in [2.05, 4.69) is 4.90 Å². The number of carboxylic acid groups (broad SMARTS) is 1. The predicted octanol–water partition coefficient (Wildman–Crippen LogP) is 4.03. The number of nitrogens with zero attached hydrogens (tertiary/aromatic N) is 1. The fourth-order valence-electron chi connectivity index (χ4n) is 3.78. The van der Waals surface area contributed by atoms with Crippen molar-refractivity contribution >= 4 is 5.97 Å². The Bertz CT molecular complexity index is 793. The van der Waals surface area contributed by atoms with Crippen LogP contribution in [0, 0.1) is 18.7 Å². The van der Waals surface area contributed by atoms with Crippen LogP contribution in [0.3, 0.4) is 0 Å². The van der Waals surface area contributed by atoms with Gasteiger partial charge in [-0.3, -0.25) is 9.69 Å². The second-order valence-electron chi connectivity index (χ2n) is 6.83. The summed E-state index contributed by atoms with van der Waals surface area (Å²) in [4.78, 5) is 13.7. The van der Waals surface area contributed by atoms with E-state index in [1.165, 1.54) is 13.2 Å². The number of carboxylic acids is 1. The minimum atomic E-state index is -0.765. The molecule has 0 saturated carbocycles. The molecule has 2 atom stereocenters. The van der Waals surface area contributed by atoms with Crippen LogP contribution in [0.1, 0.15) is 35.6 Å². The van der Waals surface area contributed by atoms with Crippen LogP contribution < -0.4 is 4.74 Å². The van der Waals surface area contributed by atoms with Crippen molar-refractivity contribution in [1.29, 1.82) is 0 Å². The number of halogens is 1. The summed E-state index contributed by atoms with van der Waals surface area (Å²) in [6.45, 7) is 3.28. The zero-order chi connectivity index (χ0) is 18.7. The smallest absolute Gasteiger partial charge is 0.307 e. The van der Waals surface area contributed by atoms with Gasteiger partial charge < -0.3 is 9.84 Å². The number of rotatable bonds is 5. The van der Waals surface area contributed by atoms with Crippen LogP contribution in [0.4, 0.5) is 4.39 Å². The highest BCUT2D eigenvalue weighted by Gasteiger charge is 2.32. The SMILES string of the molecule is COc1ccc(C(c2ccccc2C)N2CCCC(C(=O)O)C2)cc1F. The molecule has 26 heavy (non-hydrogen) atoms. The zero-order valence-electron chi connectivity index (χ0n) is 15.1. The normalized spacial score (nSPS) is 19.1. The molecule has 1 aliphatic rings. The maximum atomic E-state index is 14.4. The van der Waals surface area contributed by atoms with Crippen LogP contribution in [0.2, 0.25) is 0 Å². The van der Waals surface area contributed by atoms with Crippen LogP contribution in [-0.4, -0.2) is 36.2 Å². The van der Waals surface area contributed by atoms with Gasteiger partial charge >= 0.3 is 5.97 Å². The molecular formula is C21H24FNO3. The van der Waals surface area contributed by atoms with E-state index < -0.39 is 17.7 Å². The summed E-state index contributed by atoms with van der Waals surface area (Å²) in [7, 11) is 1.44. The van der Waals surface area contributed by atoms with Crippen LogP contribution in [0.5, 0.6) is 5.75 Å². The van der Waals surface area contributed by atoms with E-state index in [4.69, 9.17) is 4.74 Å². The molecule has 3 rings (SSSR count). The van der Waals surface area contributed by atoms with E-state index in [1.54, 1.807) is 6.07 Å². The van der Waals surface area contributed by atoms with Gasteiger partial charge in [-0.25, -0.2) is 4.39 Å². The lowest BCUT2D eigenvalue weighted by atomic mass is 9.89. The average Bonchev–Trinajstić information content (AvgIpc) is 2.64. The third kappa shape index (κ3) is 3.73. The first kappa shape index (κ1) is 18.4. The molecule has 4 nitrogen and oxygen atoms in total. The summed E-state index contributed by atoms with van der Waals surface area (Å²) in [6, 6.07) is 12.8. The summed E-state index contributed by atoms with van der Waals surface area (Å²) < 4.78 is 19.4. The molecule has 0 spiro atoms. The fraction of sp³-hybridized carbons (Fsp3) is 0.381. The summed E-state index contributed by atoms with van der Waals surface area (Å²) in [5.74, 6) is -1.35. The number of aryl methyl sites for hydroxylation is 1. The van der Waals surface area contributed by atoms with Crippen LogP contribution in [0.25, 0.3) is 0 Å². The molecule has 0 radical (unpaired) electrons. The second kappa shape index (κ2) is 7.87. The first-order valence-corrected chi connectivity index (χ1v) is 8.87. The average molecular weight is 357 g/mol. The van der Waals surface area contributed by atoms with Gasteiger partial charge in [0.1, 0.15) is 0 Å². The van der Waals surface area contributed by atoms with Gasteiger partial charge in [0.05, 0.1) is 19.1 Å². The van der Waals surface area contributed by atoms with Crippen molar-refractivity contribution < 1.29 is 19.0 Å². The molecule has 1 saturated heterocycles. The number of ether oxygens (including phenoxy) is 1. The highest BCUT2D eigenvalue weighted by molar-refractivity contribution is 5.70. The second-order valence-corrected chi connectivity index (χ2v) is 6.83. The molecule has 1 heterocycles. The van der Waals surface area contributed by atoms with E-state index in [0.29, 0.717) is 13.0 Å². The topological polar surface area (TPSA) is 49.8 Å². The summed E-state index contributed by atoms with van der Waals surface area (Å²) in [5.41, 5.74) is 2.98. The fourth-order valence-corrected chi connectivity index (χ4v) is 3.78. The van der Waals surface area contributed by atoms with E-state index in [0.717, 1.165) is 29.7 Å². The number of aliphatic carboxylic acids is 1. The van der Waals surface area contributed by atoms with Crippen LogP contribution in [-0.2, 0) is 4.79 Å². The van der Waals surface area contributed by atoms with E-state index in [9.17, 15) is 14.3 Å². The van der Waals surface area contributed by atoms with Crippen molar-refractivity contribution in [2.45, 2.75) is 25.8 Å². The Labute approximate surface area is 153 Å². The Morgan fingerprint density at radius 2 is 2.08 bits per heavy atom. The Hall–Kier alpha value is -2.40. The summed E-state index contributed by atoms with van der Waals surface area (Å²) in [6.07, 6.45) is 1.50. The maximum absolute atomic E-state index is 14.4. The number of benzene rings is 2. The maximum Gasteiger partial charge on any atom is 0.307 e. The van der Waals surface area contributed by atoms with E-state index >= 15 is 0 Å². The van der Waals surface area contributed by atoms with E-state index in [1.807, 2.05) is 37.3 Å². The molecule has 0 aliphatic carbocycles. The summed E-state index contributed by atoms with van der Waals surface area (Å²) in [5, 5.41) is 9.44. The lowest BCUT2D eigenvalue weighted by Crippen LogP contribution is -2.41. The van der Waals surface area contributed by atoms with Crippen molar-refractivity contribution in [3.63, 3.8) is 0 Å². The number of carbonyl (C=O) groups is 1. The Balaban J connectivity index is 2.04. The molecule has 2 aromatic rings. The van der Waals surface area contributed by atoms with Gasteiger partial charge in [-0.05, 0) is 55.1 Å². The third-order valence-corrected chi connectivity index (χ3v) is 5.14. The molecule has 138 valence electrons. The number of hydrogen-bond acceptors (Lipinski definition) is 3. The summed E-state index contributed by atoms with van der Waals surface area (Å²) >= 11 is 0. The van der Waals surface area contributed by atoms with Gasteiger partial charge in [-0.2, -0.15) is 0 Å². The lowest BCUT2D eigenvalue weighted by molar-refractivity contribution is -0.143. The lowest BCUT2D eigenvalue weighted by Gasteiger charge is -2.38.